The van der Waals surface area contributed by atoms with Crippen molar-refractivity contribution in [2.45, 2.75) is 31.6 Å². The molecular formula is C23H22. The minimum Gasteiger partial charge on any atom is -0.0622 e. The Morgan fingerprint density at radius 2 is 1.39 bits per heavy atom. The average Bonchev–Trinajstić information content (AvgIpc) is 2.88. The minimum atomic E-state index is 0.223. The van der Waals surface area contributed by atoms with Crippen molar-refractivity contribution in [3.8, 4) is 11.1 Å². The molecule has 0 fully saturated rings. The van der Waals surface area contributed by atoms with Gasteiger partial charge in [0, 0.05) is 5.92 Å². The van der Waals surface area contributed by atoms with E-state index in [-0.39, 0.29) is 5.41 Å². The Bertz CT molecular complexity index is 813. The first kappa shape index (κ1) is 14.3. The van der Waals surface area contributed by atoms with Crippen LogP contribution >= 0.6 is 0 Å². The molecule has 0 aromatic heterocycles. The number of fused-ring (bicyclic) bond motifs is 1. The van der Waals surface area contributed by atoms with Gasteiger partial charge in [-0.15, -0.1) is 0 Å². The van der Waals surface area contributed by atoms with Crippen LogP contribution in [0.1, 0.15) is 42.9 Å². The van der Waals surface area contributed by atoms with Gasteiger partial charge in [-0.05, 0) is 39.7 Å². The van der Waals surface area contributed by atoms with Crippen molar-refractivity contribution in [2.24, 2.45) is 0 Å². The summed E-state index contributed by atoms with van der Waals surface area (Å²) >= 11 is 0. The van der Waals surface area contributed by atoms with Crippen molar-refractivity contribution in [2.75, 3.05) is 0 Å². The lowest BCUT2D eigenvalue weighted by molar-refractivity contribution is 0.499. The van der Waals surface area contributed by atoms with Crippen molar-refractivity contribution in [1.82, 2.24) is 0 Å². The van der Waals surface area contributed by atoms with Gasteiger partial charge in [0.05, 0.1) is 0 Å². The van der Waals surface area contributed by atoms with Gasteiger partial charge in [0.1, 0.15) is 0 Å². The van der Waals surface area contributed by atoms with Crippen LogP contribution in [0, 0.1) is 0 Å². The topological polar surface area (TPSA) is 0 Å². The molecule has 0 heterocycles. The minimum absolute atomic E-state index is 0.223. The number of hydrogen-bond donors (Lipinski definition) is 0. The van der Waals surface area contributed by atoms with Gasteiger partial charge in [-0.2, -0.15) is 0 Å². The SMILES string of the molecule is CC1(C)CC(c2ccccc2)c2c(-c3ccccc3)cccc21. The summed E-state index contributed by atoms with van der Waals surface area (Å²) in [6, 6.07) is 28.6. The second-order valence-corrected chi connectivity index (χ2v) is 7.18. The first-order chi connectivity index (χ1) is 11.2. The summed E-state index contributed by atoms with van der Waals surface area (Å²) in [7, 11) is 0. The van der Waals surface area contributed by atoms with Crippen LogP contribution < -0.4 is 0 Å². The summed E-state index contributed by atoms with van der Waals surface area (Å²) in [6.45, 7) is 4.76. The van der Waals surface area contributed by atoms with E-state index < -0.39 is 0 Å². The van der Waals surface area contributed by atoms with Crippen molar-refractivity contribution in [1.29, 1.82) is 0 Å². The van der Waals surface area contributed by atoms with Crippen LogP contribution in [0.3, 0.4) is 0 Å². The third kappa shape index (κ3) is 2.39. The highest BCUT2D eigenvalue weighted by molar-refractivity contribution is 5.72. The Labute approximate surface area is 138 Å². The van der Waals surface area contributed by atoms with Gasteiger partial charge in [0.15, 0.2) is 0 Å². The van der Waals surface area contributed by atoms with E-state index in [4.69, 9.17) is 0 Å². The van der Waals surface area contributed by atoms with E-state index in [0.717, 1.165) is 0 Å². The van der Waals surface area contributed by atoms with Crippen LogP contribution in [0.4, 0.5) is 0 Å². The van der Waals surface area contributed by atoms with E-state index in [1.165, 1.54) is 34.2 Å². The van der Waals surface area contributed by atoms with Gasteiger partial charge in [-0.3, -0.25) is 0 Å². The van der Waals surface area contributed by atoms with E-state index in [9.17, 15) is 0 Å². The number of rotatable bonds is 2. The molecular weight excluding hydrogens is 276 g/mol. The zero-order chi connectivity index (χ0) is 15.9. The molecule has 0 heteroatoms. The molecule has 1 aliphatic carbocycles. The maximum Gasteiger partial charge on any atom is 0.0107 e. The fraction of sp³-hybridized carbons (Fsp3) is 0.217. The number of hydrogen-bond acceptors (Lipinski definition) is 0. The fourth-order valence-electron chi connectivity index (χ4n) is 4.09. The smallest absolute Gasteiger partial charge is 0.0107 e. The van der Waals surface area contributed by atoms with Gasteiger partial charge >= 0.3 is 0 Å². The lowest BCUT2D eigenvalue weighted by Crippen LogP contribution is -2.12. The third-order valence-electron chi connectivity index (χ3n) is 5.18. The van der Waals surface area contributed by atoms with Crippen molar-refractivity contribution < 1.29 is 0 Å². The summed E-state index contributed by atoms with van der Waals surface area (Å²) in [5.74, 6) is 0.484. The molecule has 114 valence electrons. The van der Waals surface area contributed by atoms with Crippen molar-refractivity contribution in [3.05, 3.63) is 95.6 Å². The van der Waals surface area contributed by atoms with E-state index in [2.05, 4.69) is 92.7 Å². The summed E-state index contributed by atoms with van der Waals surface area (Å²) in [6.07, 6.45) is 1.18. The maximum absolute atomic E-state index is 2.38. The monoisotopic (exact) mass is 298 g/mol. The molecule has 0 radical (unpaired) electrons. The highest BCUT2D eigenvalue weighted by Crippen LogP contribution is 2.51. The molecule has 0 nitrogen and oxygen atoms in total. The Morgan fingerprint density at radius 3 is 2.09 bits per heavy atom. The van der Waals surface area contributed by atoms with E-state index >= 15 is 0 Å². The Balaban J connectivity index is 1.95. The standard InChI is InChI=1S/C23H22/c1-23(2)16-20(18-12-7-4-8-13-18)22-19(14-9-15-21(22)23)17-10-5-3-6-11-17/h3-15,20H,16H2,1-2H3. The Kier molecular flexibility index (Phi) is 3.34. The molecule has 0 bridgehead atoms. The lowest BCUT2D eigenvalue weighted by Gasteiger charge is -2.19. The lowest BCUT2D eigenvalue weighted by atomic mass is 9.85. The summed E-state index contributed by atoms with van der Waals surface area (Å²) in [4.78, 5) is 0. The van der Waals surface area contributed by atoms with Crippen LogP contribution in [0.25, 0.3) is 11.1 Å². The molecule has 4 rings (SSSR count). The Morgan fingerprint density at radius 1 is 0.739 bits per heavy atom. The van der Waals surface area contributed by atoms with Gasteiger partial charge in [0.2, 0.25) is 0 Å². The highest BCUT2D eigenvalue weighted by Gasteiger charge is 2.38. The molecule has 1 aliphatic rings. The van der Waals surface area contributed by atoms with Gasteiger partial charge < -0.3 is 0 Å². The first-order valence-corrected chi connectivity index (χ1v) is 8.40. The molecule has 0 N–H and O–H groups in total. The normalized spacial score (nSPS) is 18.6. The van der Waals surface area contributed by atoms with Crippen LogP contribution in [-0.4, -0.2) is 0 Å². The second-order valence-electron chi connectivity index (χ2n) is 7.18. The molecule has 0 saturated heterocycles. The quantitative estimate of drug-likeness (QED) is 0.531. The zero-order valence-corrected chi connectivity index (χ0v) is 13.8. The van der Waals surface area contributed by atoms with Crippen molar-refractivity contribution >= 4 is 0 Å². The van der Waals surface area contributed by atoms with Gasteiger partial charge in [0.25, 0.3) is 0 Å². The first-order valence-electron chi connectivity index (χ1n) is 8.40. The van der Waals surface area contributed by atoms with Crippen LogP contribution in [0.15, 0.2) is 78.9 Å². The summed E-state index contributed by atoms with van der Waals surface area (Å²) in [5, 5.41) is 0. The van der Waals surface area contributed by atoms with Crippen LogP contribution in [0.2, 0.25) is 0 Å². The van der Waals surface area contributed by atoms with E-state index in [1.807, 2.05) is 0 Å². The fourth-order valence-corrected chi connectivity index (χ4v) is 4.09. The van der Waals surface area contributed by atoms with Crippen LogP contribution in [-0.2, 0) is 5.41 Å². The average molecular weight is 298 g/mol. The molecule has 0 amide bonds. The predicted octanol–water partition coefficient (Wildman–Crippen LogP) is 6.17. The highest BCUT2D eigenvalue weighted by atomic mass is 14.4. The van der Waals surface area contributed by atoms with Crippen LogP contribution in [0.5, 0.6) is 0 Å². The summed E-state index contributed by atoms with van der Waals surface area (Å²) in [5.41, 5.74) is 7.40. The molecule has 0 saturated carbocycles. The molecule has 23 heavy (non-hydrogen) atoms. The molecule has 3 aromatic carbocycles. The largest absolute Gasteiger partial charge is 0.0622 e. The molecule has 1 atom stereocenters. The van der Waals surface area contributed by atoms with E-state index in [1.54, 1.807) is 0 Å². The van der Waals surface area contributed by atoms with Gasteiger partial charge in [-0.25, -0.2) is 0 Å². The molecule has 1 unspecified atom stereocenters. The van der Waals surface area contributed by atoms with Crippen molar-refractivity contribution in [3.63, 3.8) is 0 Å². The third-order valence-corrected chi connectivity index (χ3v) is 5.18. The second kappa shape index (κ2) is 5.38. The maximum atomic E-state index is 2.38. The summed E-state index contributed by atoms with van der Waals surface area (Å²) < 4.78 is 0. The molecule has 0 spiro atoms. The molecule has 3 aromatic rings. The zero-order valence-electron chi connectivity index (χ0n) is 13.8. The predicted molar refractivity (Wildman–Crippen MR) is 97.8 cm³/mol. The number of benzene rings is 3. The Hall–Kier alpha value is -2.34. The van der Waals surface area contributed by atoms with E-state index in [0.29, 0.717) is 5.92 Å². The molecule has 0 aliphatic heterocycles. The van der Waals surface area contributed by atoms with Gasteiger partial charge in [-0.1, -0.05) is 92.7 Å².